The Morgan fingerprint density at radius 1 is 1.61 bits per heavy atom. The monoisotopic (exact) mass is 264 g/mol. The summed E-state index contributed by atoms with van der Waals surface area (Å²) >= 11 is 5.95. The summed E-state index contributed by atoms with van der Waals surface area (Å²) in [5.74, 6) is 1.16. The molecule has 0 amide bonds. The van der Waals surface area contributed by atoms with Crippen LogP contribution in [0.3, 0.4) is 0 Å². The van der Waals surface area contributed by atoms with Crippen LogP contribution in [0.1, 0.15) is 30.6 Å². The predicted octanol–water partition coefficient (Wildman–Crippen LogP) is 3.34. The number of carbonyl (C=O) groups excluding carboxylic acids is 1. The van der Waals surface area contributed by atoms with Crippen molar-refractivity contribution in [3.63, 3.8) is 0 Å². The number of rotatable bonds is 3. The van der Waals surface area contributed by atoms with Gasteiger partial charge in [-0.2, -0.15) is 0 Å². The molecular weight excluding hydrogens is 248 g/mol. The molecule has 2 rings (SSSR count). The Morgan fingerprint density at radius 3 is 2.89 bits per heavy atom. The van der Waals surface area contributed by atoms with Gasteiger partial charge < -0.3 is 4.90 Å². The average Bonchev–Trinajstić information content (AvgIpc) is 2.70. The molecule has 0 N–H and O–H groups in total. The lowest BCUT2D eigenvalue weighted by Gasteiger charge is -2.24. The minimum absolute atomic E-state index is 0.0171. The van der Waals surface area contributed by atoms with Crippen molar-refractivity contribution in [1.29, 1.82) is 0 Å². The van der Waals surface area contributed by atoms with Crippen molar-refractivity contribution < 1.29 is 4.79 Å². The van der Waals surface area contributed by atoms with Gasteiger partial charge in [-0.15, -0.1) is 6.58 Å². The van der Waals surface area contributed by atoms with Gasteiger partial charge in [-0.3, -0.25) is 4.79 Å². The van der Waals surface area contributed by atoms with Crippen LogP contribution in [0.5, 0.6) is 0 Å². The minimum atomic E-state index is 0.0171. The maximum Gasteiger partial charge on any atom is 0.163 e. The highest BCUT2D eigenvalue weighted by atomic mass is 35.5. The molecule has 4 heteroatoms. The van der Waals surface area contributed by atoms with E-state index in [0.29, 0.717) is 28.5 Å². The van der Waals surface area contributed by atoms with Gasteiger partial charge in [-0.25, -0.2) is 4.98 Å². The summed E-state index contributed by atoms with van der Waals surface area (Å²) in [6, 6.07) is 3.76. The number of ketones is 1. The summed E-state index contributed by atoms with van der Waals surface area (Å²) in [6.07, 6.45) is 3.00. The van der Waals surface area contributed by atoms with E-state index < -0.39 is 0 Å². The van der Waals surface area contributed by atoms with E-state index in [1.165, 1.54) is 0 Å². The zero-order valence-electron chi connectivity index (χ0n) is 10.7. The van der Waals surface area contributed by atoms with Crippen LogP contribution in [-0.2, 0) is 0 Å². The molecule has 2 atom stereocenters. The van der Waals surface area contributed by atoms with Crippen molar-refractivity contribution in [3.05, 3.63) is 35.5 Å². The van der Waals surface area contributed by atoms with Crippen LogP contribution in [0, 0.1) is 5.92 Å². The molecule has 1 saturated heterocycles. The van der Waals surface area contributed by atoms with Gasteiger partial charge >= 0.3 is 0 Å². The summed E-state index contributed by atoms with van der Waals surface area (Å²) in [5, 5.41) is 0.421. The van der Waals surface area contributed by atoms with Gasteiger partial charge in [0.25, 0.3) is 0 Å². The van der Waals surface area contributed by atoms with Crippen molar-refractivity contribution in [2.45, 2.75) is 26.3 Å². The number of nitrogens with zero attached hydrogens (tertiary/aromatic N) is 2. The molecule has 18 heavy (non-hydrogen) atoms. The lowest BCUT2D eigenvalue weighted by molar-refractivity contribution is 0.101. The lowest BCUT2D eigenvalue weighted by atomic mass is 10.1. The highest BCUT2D eigenvalue weighted by Crippen LogP contribution is 2.31. The van der Waals surface area contributed by atoms with Crippen molar-refractivity contribution in [2.75, 3.05) is 11.4 Å². The molecule has 96 valence electrons. The van der Waals surface area contributed by atoms with E-state index in [1.54, 1.807) is 19.1 Å². The third kappa shape index (κ3) is 2.41. The molecule has 0 bridgehead atoms. The number of anilines is 1. The zero-order valence-corrected chi connectivity index (χ0v) is 11.4. The van der Waals surface area contributed by atoms with Crippen LogP contribution in [-0.4, -0.2) is 23.4 Å². The van der Waals surface area contributed by atoms with Gasteiger partial charge in [0.05, 0.1) is 5.56 Å². The van der Waals surface area contributed by atoms with E-state index in [2.05, 4.69) is 23.4 Å². The van der Waals surface area contributed by atoms with Crippen molar-refractivity contribution in [1.82, 2.24) is 4.98 Å². The summed E-state index contributed by atoms with van der Waals surface area (Å²) in [4.78, 5) is 18.1. The molecule has 0 aromatic carbocycles. The van der Waals surface area contributed by atoms with Crippen LogP contribution in [0.4, 0.5) is 5.82 Å². The second-order valence-electron chi connectivity index (χ2n) is 4.79. The fourth-order valence-corrected chi connectivity index (χ4v) is 2.60. The predicted molar refractivity (Wildman–Crippen MR) is 74.4 cm³/mol. The second-order valence-corrected chi connectivity index (χ2v) is 5.18. The van der Waals surface area contributed by atoms with Gasteiger partial charge in [-0.1, -0.05) is 17.7 Å². The number of carbonyl (C=O) groups is 1. The SMILES string of the molecule is C=C[C@@H]1C[C@H](C)N(c2nc(Cl)ccc2C(C)=O)C1. The molecule has 3 nitrogen and oxygen atoms in total. The normalized spacial score (nSPS) is 23.2. The molecular formula is C14H17ClN2O. The zero-order chi connectivity index (χ0) is 13.3. The van der Waals surface area contributed by atoms with Gasteiger partial charge in [-0.05, 0) is 38.3 Å². The molecule has 1 aliphatic rings. The van der Waals surface area contributed by atoms with E-state index in [9.17, 15) is 4.79 Å². The Kier molecular flexibility index (Phi) is 3.71. The van der Waals surface area contributed by atoms with Gasteiger partial charge in [0.15, 0.2) is 5.78 Å². The smallest absolute Gasteiger partial charge is 0.163 e. The van der Waals surface area contributed by atoms with E-state index in [4.69, 9.17) is 11.6 Å². The fourth-order valence-electron chi connectivity index (χ4n) is 2.46. The molecule has 2 heterocycles. The Bertz CT molecular complexity index is 487. The van der Waals surface area contributed by atoms with Crippen LogP contribution in [0.15, 0.2) is 24.8 Å². The van der Waals surface area contributed by atoms with Crippen LogP contribution < -0.4 is 4.90 Å². The molecule has 0 spiro atoms. The Hall–Kier alpha value is -1.35. The van der Waals surface area contributed by atoms with E-state index in [-0.39, 0.29) is 5.78 Å². The average molecular weight is 265 g/mol. The third-order valence-corrected chi connectivity index (χ3v) is 3.64. The third-order valence-electron chi connectivity index (χ3n) is 3.43. The number of halogens is 1. The van der Waals surface area contributed by atoms with E-state index in [0.717, 1.165) is 13.0 Å². The molecule has 1 aliphatic heterocycles. The molecule has 0 unspecified atom stereocenters. The molecule has 0 aliphatic carbocycles. The van der Waals surface area contributed by atoms with E-state index >= 15 is 0 Å². The first-order chi connectivity index (χ1) is 8.52. The topological polar surface area (TPSA) is 33.2 Å². The summed E-state index contributed by atoms with van der Waals surface area (Å²) in [6.45, 7) is 8.38. The Labute approximate surface area is 112 Å². The quantitative estimate of drug-likeness (QED) is 0.477. The molecule has 1 fully saturated rings. The summed E-state index contributed by atoms with van der Waals surface area (Å²) < 4.78 is 0. The standard InChI is InChI=1S/C14H17ClN2O/c1-4-11-7-9(2)17(8-11)14-12(10(3)18)5-6-13(15)16-14/h4-6,9,11H,1,7-8H2,2-3H3/t9-,11+/m0/s1. The number of aromatic nitrogens is 1. The van der Waals surface area contributed by atoms with Crippen LogP contribution in [0.2, 0.25) is 5.15 Å². The molecule has 0 saturated carbocycles. The van der Waals surface area contributed by atoms with Crippen molar-refractivity contribution in [2.24, 2.45) is 5.92 Å². The second kappa shape index (κ2) is 5.11. The van der Waals surface area contributed by atoms with Gasteiger partial charge in [0.1, 0.15) is 11.0 Å². The van der Waals surface area contributed by atoms with Crippen LogP contribution >= 0.6 is 11.6 Å². The minimum Gasteiger partial charge on any atom is -0.353 e. The van der Waals surface area contributed by atoms with Gasteiger partial charge in [0, 0.05) is 12.6 Å². The maximum atomic E-state index is 11.7. The van der Waals surface area contributed by atoms with Gasteiger partial charge in [0.2, 0.25) is 0 Å². The highest BCUT2D eigenvalue weighted by molar-refractivity contribution is 6.29. The molecule has 1 aromatic rings. The Morgan fingerprint density at radius 2 is 2.33 bits per heavy atom. The molecule has 0 radical (unpaired) electrons. The highest BCUT2D eigenvalue weighted by Gasteiger charge is 2.30. The summed E-state index contributed by atoms with van der Waals surface area (Å²) in [5.41, 5.74) is 0.635. The number of hydrogen-bond acceptors (Lipinski definition) is 3. The number of pyridine rings is 1. The van der Waals surface area contributed by atoms with E-state index in [1.807, 2.05) is 6.08 Å². The first-order valence-corrected chi connectivity index (χ1v) is 6.47. The fraction of sp³-hybridized carbons (Fsp3) is 0.429. The molecule has 1 aromatic heterocycles. The first kappa shape index (κ1) is 13.1. The first-order valence-electron chi connectivity index (χ1n) is 6.09. The van der Waals surface area contributed by atoms with Crippen LogP contribution in [0.25, 0.3) is 0 Å². The summed E-state index contributed by atoms with van der Waals surface area (Å²) in [7, 11) is 0. The number of hydrogen-bond donors (Lipinski definition) is 0. The van der Waals surface area contributed by atoms with Crippen molar-refractivity contribution >= 4 is 23.2 Å². The Balaban J connectivity index is 2.40. The van der Waals surface area contributed by atoms with Crippen molar-refractivity contribution in [3.8, 4) is 0 Å². The number of Topliss-reactive ketones (excluding diaryl/α,β-unsaturated/α-hetero) is 1. The maximum absolute atomic E-state index is 11.7. The largest absolute Gasteiger partial charge is 0.353 e. The lowest BCUT2D eigenvalue weighted by Crippen LogP contribution is -2.29.